The molecule has 2 rings (SSSR count). The number of benzene rings is 2. The fraction of sp³-hybridized carbons (Fsp3) is 0.0769. The Morgan fingerprint density at radius 2 is 1.61 bits per heavy atom. The van der Waals surface area contributed by atoms with E-state index in [9.17, 15) is 17.6 Å². The second kappa shape index (κ2) is 4.72. The quantitative estimate of drug-likeness (QED) is 0.628. The number of hydrogen-bond acceptors (Lipinski definition) is 0. The highest BCUT2D eigenvalue weighted by molar-refractivity contribution is 9.10. The number of hydrogen-bond donors (Lipinski definition) is 0. The Morgan fingerprint density at radius 3 is 2.22 bits per heavy atom. The molecule has 0 N–H and O–H groups in total. The van der Waals surface area contributed by atoms with Gasteiger partial charge in [-0.2, -0.15) is 13.2 Å². The van der Waals surface area contributed by atoms with Gasteiger partial charge in [0.15, 0.2) is 0 Å². The highest BCUT2D eigenvalue weighted by atomic mass is 79.9. The molecule has 0 nitrogen and oxygen atoms in total. The monoisotopic (exact) mass is 318 g/mol. The summed E-state index contributed by atoms with van der Waals surface area (Å²) in [7, 11) is 0. The van der Waals surface area contributed by atoms with Crippen LogP contribution < -0.4 is 0 Å². The van der Waals surface area contributed by atoms with Gasteiger partial charge in [-0.05, 0) is 41.5 Å². The first-order chi connectivity index (χ1) is 8.36. The van der Waals surface area contributed by atoms with E-state index in [2.05, 4.69) is 15.9 Å². The van der Waals surface area contributed by atoms with Crippen molar-refractivity contribution < 1.29 is 17.6 Å². The van der Waals surface area contributed by atoms with Crippen LogP contribution in [0.5, 0.6) is 0 Å². The molecule has 0 aliphatic heterocycles. The Labute approximate surface area is 109 Å². The zero-order chi connectivity index (χ0) is 13.3. The van der Waals surface area contributed by atoms with Crippen molar-refractivity contribution in [3.05, 3.63) is 58.3 Å². The van der Waals surface area contributed by atoms with Gasteiger partial charge in [-0.15, -0.1) is 0 Å². The van der Waals surface area contributed by atoms with Crippen molar-refractivity contribution in [3.63, 3.8) is 0 Å². The SMILES string of the molecule is Fc1cc(-c2cccc(Br)c2)cc(C(F)(F)F)c1. The minimum atomic E-state index is -4.55. The zero-order valence-electron chi connectivity index (χ0n) is 8.93. The molecular formula is C13H7BrF4. The van der Waals surface area contributed by atoms with E-state index in [1.165, 1.54) is 0 Å². The third kappa shape index (κ3) is 2.90. The van der Waals surface area contributed by atoms with E-state index in [4.69, 9.17) is 0 Å². The van der Waals surface area contributed by atoms with Crippen molar-refractivity contribution in [1.82, 2.24) is 0 Å². The summed E-state index contributed by atoms with van der Waals surface area (Å²) >= 11 is 3.22. The van der Waals surface area contributed by atoms with Crippen molar-refractivity contribution in [2.24, 2.45) is 0 Å². The molecule has 0 atom stereocenters. The van der Waals surface area contributed by atoms with E-state index < -0.39 is 17.6 Å². The normalized spacial score (nSPS) is 11.6. The van der Waals surface area contributed by atoms with Gasteiger partial charge in [0.25, 0.3) is 0 Å². The van der Waals surface area contributed by atoms with E-state index in [-0.39, 0.29) is 5.56 Å². The second-order valence-electron chi connectivity index (χ2n) is 3.74. The maximum absolute atomic E-state index is 13.2. The van der Waals surface area contributed by atoms with Gasteiger partial charge in [-0.25, -0.2) is 4.39 Å². The van der Waals surface area contributed by atoms with Crippen LogP contribution in [0.1, 0.15) is 5.56 Å². The molecule has 0 amide bonds. The maximum Gasteiger partial charge on any atom is 0.416 e. The van der Waals surface area contributed by atoms with Crippen LogP contribution >= 0.6 is 15.9 Å². The molecule has 0 fully saturated rings. The minimum absolute atomic E-state index is 0.198. The Bertz CT molecular complexity index is 575. The highest BCUT2D eigenvalue weighted by Gasteiger charge is 2.31. The fourth-order valence-corrected chi connectivity index (χ4v) is 1.99. The third-order valence-electron chi connectivity index (χ3n) is 2.38. The van der Waals surface area contributed by atoms with E-state index in [0.717, 1.165) is 16.6 Å². The smallest absolute Gasteiger partial charge is 0.207 e. The van der Waals surface area contributed by atoms with Crippen LogP contribution in [-0.4, -0.2) is 0 Å². The molecule has 0 unspecified atom stereocenters. The molecule has 0 bridgehead atoms. The van der Waals surface area contributed by atoms with Gasteiger partial charge in [0, 0.05) is 4.47 Å². The van der Waals surface area contributed by atoms with E-state index in [1.54, 1.807) is 24.3 Å². The third-order valence-corrected chi connectivity index (χ3v) is 2.88. The average molecular weight is 319 g/mol. The summed E-state index contributed by atoms with van der Waals surface area (Å²) in [6.07, 6.45) is -4.55. The van der Waals surface area contributed by atoms with Gasteiger partial charge in [-0.3, -0.25) is 0 Å². The summed E-state index contributed by atoms with van der Waals surface area (Å²) in [5.41, 5.74) is -0.268. The Kier molecular flexibility index (Phi) is 3.43. The van der Waals surface area contributed by atoms with E-state index >= 15 is 0 Å². The molecule has 2 aromatic carbocycles. The molecule has 94 valence electrons. The number of alkyl halides is 3. The van der Waals surface area contributed by atoms with Gasteiger partial charge < -0.3 is 0 Å². The highest BCUT2D eigenvalue weighted by Crippen LogP contribution is 2.33. The summed E-state index contributed by atoms with van der Waals surface area (Å²) < 4.78 is 51.7. The van der Waals surface area contributed by atoms with Crippen LogP contribution in [0.4, 0.5) is 17.6 Å². The molecule has 0 spiro atoms. The molecule has 0 aliphatic rings. The van der Waals surface area contributed by atoms with Crippen LogP contribution in [-0.2, 0) is 6.18 Å². The van der Waals surface area contributed by atoms with Crippen LogP contribution in [0.15, 0.2) is 46.9 Å². The standard InChI is InChI=1S/C13H7BrF4/c14-11-3-1-2-8(5-11)9-4-10(13(16,17)18)7-12(15)6-9/h1-7H. The van der Waals surface area contributed by atoms with Crippen LogP contribution in [0.25, 0.3) is 11.1 Å². The first kappa shape index (κ1) is 13.1. The number of rotatable bonds is 1. The second-order valence-corrected chi connectivity index (χ2v) is 4.65. The van der Waals surface area contributed by atoms with Crippen molar-refractivity contribution >= 4 is 15.9 Å². The lowest BCUT2D eigenvalue weighted by atomic mass is 10.0. The van der Waals surface area contributed by atoms with Gasteiger partial charge in [0.05, 0.1) is 5.56 Å². The Balaban J connectivity index is 2.55. The maximum atomic E-state index is 13.2. The van der Waals surface area contributed by atoms with Gasteiger partial charge >= 0.3 is 6.18 Å². The first-order valence-corrected chi connectivity index (χ1v) is 5.79. The van der Waals surface area contributed by atoms with Crippen LogP contribution in [0.3, 0.4) is 0 Å². The Hall–Kier alpha value is -1.36. The largest absolute Gasteiger partial charge is 0.416 e. The molecule has 0 saturated heterocycles. The van der Waals surface area contributed by atoms with Gasteiger partial charge in [0.1, 0.15) is 5.82 Å². The van der Waals surface area contributed by atoms with Crippen molar-refractivity contribution in [1.29, 1.82) is 0 Å². The molecule has 0 heterocycles. The van der Waals surface area contributed by atoms with Crippen molar-refractivity contribution in [3.8, 4) is 11.1 Å². The molecular weight excluding hydrogens is 312 g/mol. The molecule has 0 radical (unpaired) electrons. The van der Waals surface area contributed by atoms with Crippen LogP contribution in [0.2, 0.25) is 0 Å². The van der Waals surface area contributed by atoms with Crippen molar-refractivity contribution in [2.75, 3.05) is 0 Å². The summed E-state index contributed by atoms with van der Waals surface area (Å²) in [5, 5.41) is 0. The van der Waals surface area contributed by atoms with Crippen LogP contribution in [0, 0.1) is 5.82 Å². The molecule has 5 heteroatoms. The first-order valence-electron chi connectivity index (χ1n) is 5.00. The zero-order valence-corrected chi connectivity index (χ0v) is 10.5. The van der Waals surface area contributed by atoms with Gasteiger partial charge in [-0.1, -0.05) is 28.1 Å². The molecule has 18 heavy (non-hydrogen) atoms. The molecule has 2 aromatic rings. The van der Waals surface area contributed by atoms with Crippen molar-refractivity contribution in [2.45, 2.75) is 6.18 Å². The summed E-state index contributed by atoms with van der Waals surface area (Å²) in [6.45, 7) is 0. The molecule has 0 aliphatic carbocycles. The topological polar surface area (TPSA) is 0 Å². The lowest BCUT2D eigenvalue weighted by Crippen LogP contribution is -2.05. The molecule has 0 aromatic heterocycles. The molecule has 0 saturated carbocycles. The summed E-state index contributed by atoms with van der Waals surface area (Å²) in [6, 6.07) is 9.18. The minimum Gasteiger partial charge on any atom is -0.207 e. The predicted octanol–water partition coefficient (Wildman–Crippen LogP) is 5.27. The average Bonchev–Trinajstić information content (AvgIpc) is 2.27. The number of halogens is 5. The lowest BCUT2D eigenvalue weighted by molar-refractivity contribution is -0.137. The lowest BCUT2D eigenvalue weighted by Gasteiger charge is -2.09. The van der Waals surface area contributed by atoms with E-state index in [0.29, 0.717) is 11.6 Å². The Morgan fingerprint density at radius 1 is 0.889 bits per heavy atom. The fourth-order valence-electron chi connectivity index (χ4n) is 1.59. The summed E-state index contributed by atoms with van der Waals surface area (Å²) in [5.74, 6) is -0.903. The van der Waals surface area contributed by atoms with Gasteiger partial charge in [0.2, 0.25) is 0 Å². The summed E-state index contributed by atoms with van der Waals surface area (Å²) in [4.78, 5) is 0. The predicted molar refractivity (Wildman–Crippen MR) is 64.5 cm³/mol. The van der Waals surface area contributed by atoms with E-state index in [1.807, 2.05) is 0 Å².